The average molecular weight is 199 g/mol. The summed E-state index contributed by atoms with van der Waals surface area (Å²) in [7, 11) is 0. The highest BCUT2D eigenvalue weighted by molar-refractivity contribution is 4.84. The Labute approximate surface area is 74.5 Å². The Morgan fingerprint density at radius 2 is 1.92 bits per heavy atom. The van der Waals surface area contributed by atoms with Crippen LogP contribution in [0.25, 0.3) is 0 Å². The van der Waals surface area contributed by atoms with Gasteiger partial charge in [0.05, 0.1) is 0 Å². The third-order valence-corrected chi connectivity index (χ3v) is 2.35. The van der Waals surface area contributed by atoms with Gasteiger partial charge in [-0.15, -0.1) is 0 Å². The van der Waals surface area contributed by atoms with E-state index in [0.717, 1.165) is 6.92 Å². The predicted molar refractivity (Wildman–Crippen MR) is 41.2 cm³/mol. The largest absolute Gasteiger partial charge is 0.403 e. The van der Waals surface area contributed by atoms with Crippen molar-refractivity contribution in [3.8, 4) is 0 Å². The summed E-state index contributed by atoms with van der Waals surface area (Å²) >= 11 is 0. The molecular formula is C8H13F4N. The van der Waals surface area contributed by atoms with Gasteiger partial charge >= 0.3 is 6.18 Å². The molecule has 0 spiro atoms. The van der Waals surface area contributed by atoms with Crippen molar-refractivity contribution >= 4 is 0 Å². The molecule has 0 heterocycles. The van der Waals surface area contributed by atoms with Crippen LogP contribution in [0.15, 0.2) is 0 Å². The fraction of sp³-hybridized carbons (Fsp3) is 1.00. The van der Waals surface area contributed by atoms with E-state index in [1.807, 2.05) is 0 Å². The lowest BCUT2D eigenvalue weighted by atomic mass is 10.2. The van der Waals surface area contributed by atoms with E-state index in [1.54, 1.807) is 0 Å². The number of alkyl halides is 4. The zero-order valence-electron chi connectivity index (χ0n) is 7.37. The molecule has 1 aliphatic carbocycles. The smallest absolute Gasteiger partial charge is 0.303 e. The maximum atomic E-state index is 12.6. The summed E-state index contributed by atoms with van der Waals surface area (Å²) in [6.45, 7) is 1.06. The van der Waals surface area contributed by atoms with E-state index in [0.29, 0.717) is 12.8 Å². The van der Waals surface area contributed by atoms with E-state index in [2.05, 4.69) is 5.32 Å². The predicted octanol–water partition coefficient (Wildman–Crippen LogP) is 2.42. The Bertz CT molecular complexity index is 168. The fourth-order valence-corrected chi connectivity index (χ4v) is 1.53. The molecule has 1 nitrogen and oxygen atoms in total. The lowest BCUT2D eigenvalue weighted by Crippen LogP contribution is -2.44. The van der Waals surface area contributed by atoms with E-state index in [1.165, 1.54) is 0 Å². The summed E-state index contributed by atoms with van der Waals surface area (Å²) in [6, 6.07) is -1.85. The summed E-state index contributed by atoms with van der Waals surface area (Å²) in [5.41, 5.74) is 0. The molecule has 1 N–H and O–H groups in total. The summed E-state index contributed by atoms with van der Waals surface area (Å²) < 4.78 is 48.7. The molecular weight excluding hydrogens is 186 g/mol. The summed E-state index contributed by atoms with van der Waals surface area (Å²) in [6.07, 6.45) is -4.07. The van der Waals surface area contributed by atoms with Crippen LogP contribution in [0.2, 0.25) is 0 Å². The van der Waals surface area contributed by atoms with Gasteiger partial charge in [-0.05, 0) is 26.2 Å². The molecule has 0 aliphatic heterocycles. The zero-order valence-corrected chi connectivity index (χ0v) is 7.37. The molecule has 3 unspecified atom stereocenters. The molecule has 0 bridgehead atoms. The van der Waals surface area contributed by atoms with Crippen LogP contribution in [0.4, 0.5) is 17.6 Å². The van der Waals surface area contributed by atoms with Gasteiger partial charge < -0.3 is 5.32 Å². The lowest BCUT2D eigenvalue weighted by molar-refractivity contribution is -0.153. The van der Waals surface area contributed by atoms with Crippen molar-refractivity contribution in [3.63, 3.8) is 0 Å². The van der Waals surface area contributed by atoms with Crippen LogP contribution in [0.1, 0.15) is 26.2 Å². The third kappa shape index (κ3) is 3.14. The Hall–Kier alpha value is -0.320. The SMILES string of the molecule is CC(NC1CCC(F)C1)C(F)(F)F. The van der Waals surface area contributed by atoms with Gasteiger partial charge in [-0.25, -0.2) is 4.39 Å². The summed E-state index contributed by atoms with van der Waals surface area (Å²) in [4.78, 5) is 0. The molecule has 5 heteroatoms. The van der Waals surface area contributed by atoms with E-state index in [9.17, 15) is 17.6 Å². The van der Waals surface area contributed by atoms with Crippen molar-refractivity contribution < 1.29 is 17.6 Å². The first-order valence-corrected chi connectivity index (χ1v) is 4.36. The Balaban J connectivity index is 2.33. The standard InChI is InChI=1S/C8H13F4N/c1-5(8(10,11)12)13-7-3-2-6(9)4-7/h5-7,13H,2-4H2,1H3. The van der Waals surface area contributed by atoms with Crippen LogP contribution < -0.4 is 5.32 Å². The van der Waals surface area contributed by atoms with Crippen molar-refractivity contribution in [2.24, 2.45) is 0 Å². The van der Waals surface area contributed by atoms with Gasteiger partial charge in [-0.1, -0.05) is 0 Å². The first kappa shape index (κ1) is 10.8. The van der Waals surface area contributed by atoms with Gasteiger partial charge in [0, 0.05) is 6.04 Å². The molecule has 0 saturated heterocycles. The highest BCUT2D eigenvalue weighted by Crippen LogP contribution is 2.25. The third-order valence-electron chi connectivity index (χ3n) is 2.35. The molecule has 0 radical (unpaired) electrons. The number of halogens is 4. The van der Waals surface area contributed by atoms with E-state index < -0.39 is 18.4 Å². The van der Waals surface area contributed by atoms with E-state index in [4.69, 9.17) is 0 Å². The van der Waals surface area contributed by atoms with Crippen molar-refractivity contribution in [2.45, 2.75) is 50.6 Å². The first-order chi connectivity index (χ1) is 5.89. The molecule has 0 aromatic heterocycles. The second-order valence-corrected chi connectivity index (χ2v) is 3.54. The molecule has 0 aromatic rings. The van der Waals surface area contributed by atoms with Crippen LogP contribution in [-0.4, -0.2) is 24.4 Å². The Kier molecular flexibility index (Phi) is 3.16. The van der Waals surface area contributed by atoms with Gasteiger partial charge in [0.2, 0.25) is 0 Å². The maximum absolute atomic E-state index is 12.6. The second-order valence-electron chi connectivity index (χ2n) is 3.54. The van der Waals surface area contributed by atoms with Crippen molar-refractivity contribution in [2.75, 3.05) is 0 Å². The van der Waals surface area contributed by atoms with Gasteiger partial charge in [0.1, 0.15) is 12.2 Å². The van der Waals surface area contributed by atoms with Crippen molar-refractivity contribution in [1.82, 2.24) is 5.32 Å². The quantitative estimate of drug-likeness (QED) is 0.673. The van der Waals surface area contributed by atoms with Gasteiger partial charge in [0.15, 0.2) is 0 Å². The van der Waals surface area contributed by atoms with Crippen LogP contribution in [0, 0.1) is 0 Å². The average Bonchev–Trinajstić information content (AvgIpc) is 2.33. The maximum Gasteiger partial charge on any atom is 0.403 e. The molecule has 1 fully saturated rings. The molecule has 0 aromatic carbocycles. The Morgan fingerprint density at radius 3 is 2.31 bits per heavy atom. The van der Waals surface area contributed by atoms with Gasteiger partial charge in [0.25, 0.3) is 0 Å². The molecule has 78 valence electrons. The number of hydrogen-bond donors (Lipinski definition) is 1. The van der Waals surface area contributed by atoms with E-state index >= 15 is 0 Å². The van der Waals surface area contributed by atoms with E-state index in [-0.39, 0.29) is 12.5 Å². The van der Waals surface area contributed by atoms with Crippen LogP contribution in [-0.2, 0) is 0 Å². The minimum atomic E-state index is -4.23. The Morgan fingerprint density at radius 1 is 1.31 bits per heavy atom. The monoisotopic (exact) mass is 199 g/mol. The topological polar surface area (TPSA) is 12.0 Å². The minimum absolute atomic E-state index is 0.209. The highest BCUT2D eigenvalue weighted by Gasteiger charge is 2.38. The number of nitrogens with one attached hydrogen (secondary N) is 1. The molecule has 1 aliphatic rings. The molecule has 3 atom stereocenters. The lowest BCUT2D eigenvalue weighted by Gasteiger charge is -2.21. The first-order valence-electron chi connectivity index (χ1n) is 4.36. The van der Waals surface area contributed by atoms with Gasteiger partial charge in [-0.2, -0.15) is 13.2 Å². The van der Waals surface area contributed by atoms with Gasteiger partial charge in [-0.3, -0.25) is 0 Å². The number of rotatable bonds is 2. The fourth-order valence-electron chi connectivity index (χ4n) is 1.53. The minimum Gasteiger partial charge on any atom is -0.303 e. The van der Waals surface area contributed by atoms with Crippen molar-refractivity contribution in [3.05, 3.63) is 0 Å². The molecule has 13 heavy (non-hydrogen) atoms. The number of hydrogen-bond acceptors (Lipinski definition) is 1. The van der Waals surface area contributed by atoms with Crippen molar-refractivity contribution in [1.29, 1.82) is 0 Å². The normalized spacial score (nSPS) is 32.1. The highest BCUT2D eigenvalue weighted by atomic mass is 19.4. The van der Waals surface area contributed by atoms with Crippen LogP contribution in [0.5, 0.6) is 0 Å². The van der Waals surface area contributed by atoms with Crippen LogP contribution in [0.3, 0.4) is 0 Å². The molecule has 1 saturated carbocycles. The molecule has 1 rings (SSSR count). The van der Waals surface area contributed by atoms with Crippen LogP contribution >= 0.6 is 0 Å². The molecule has 0 amide bonds. The summed E-state index contributed by atoms with van der Waals surface area (Å²) in [5.74, 6) is 0. The summed E-state index contributed by atoms with van der Waals surface area (Å²) in [5, 5.41) is 2.38. The zero-order chi connectivity index (χ0) is 10.1. The second kappa shape index (κ2) is 3.82.